The Labute approximate surface area is 130 Å². The molecule has 2 aromatic carbocycles. The van der Waals surface area contributed by atoms with Crippen LogP contribution in [0.2, 0.25) is 5.02 Å². The summed E-state index contributed by atoms with van der Waals surface area (Å²) >= 11 is 9.26. The van der Waals surface area contributed by atoms with Crippen LogP contribution in [0.4, 0.5) is 8.78 Å². The lowest BCUT2D eigenvalue weighted by atomic mass is 9.98. The zero-order valence-corrected chi connectivity index (χ0v) is 13.1. The van der Waals surface area contributed by atoms with E-state index in [9.17, 15) is 8.78 Å². The second kappa shape index (κ2) is 6.66. The Kier molecular flexibility index (Phi) is 5.13. The molecule has 20 heavy (non-hydrogen) atoms. The number of halogens is 4. The van der Waals surface area contributed by atoms with Crippen LogP contribution in [0.1, 0.15) is 24.1 Å². The zero-order valence-electron chi connectivity index (χ0n) is 10.8. The normalized spacial score (nSPS) is 12.4. The molecular weight excluding hydrogens is 348 g/mol. The van der Waals surface area contributed by atoms with Crippen molar-refractivity contribution < 1.29 is 8.78 Å². The fourth-order valence-corrected chi connectivity index (χ4v) is 2.51. The van der Waals surface area contributed by atoms with E-state index in [-0.39, 0.29) is 17.7 Å². The highest BCUT2D eigenvalue weighted by Crippen LogP contribution is 2.30. The molecule has 1 unspecified atom stereocenters. The maximum absolute atomic E-state index is 13.7. The largest absolute Gasteiger partial charge is 0.306 e. The molecule has 0 spiro atoms. The van der Waals surface area contributed by atoms with Gasteiger partial charge in [0, 0.05) is 5.02 Å². The second-order valence-corrected chi connectivity index (χ2v) is 5.59. The van der Waals surface area contributed by atoms with Crippen molar-refractivity contribution in [2.75, 3.05) is 6.54 Å². The van der Waals surface area contributed by atoms with E-state index in [4.69, 9.17) is 11.6 Å². The first kappa shape index (κ1) is 15.4. The van der Waals surface area contributed by atoms with Gasteiger partial charge in [-0.1, -0.05) is 24.6 Å². The maximum Gasteiger partial charge on any atom is 0.137 e. The van der Waals surface area contributed by atoms with Gasteiger partial charge in [-0.3, -0.25) is 0 Å². The first-order valence-electron chi connectivity index (χ1n) is 6.16. The number of benzene rings is 2. The van der Waals surface area contributed by atoms with Gasteiger partial charge in [-0.05, 0) is 63.9 Å². The summed E-state index contributed by atoms with van der Waals surface area (Å²) in [4.78, 5) is 0. The highest BCUT2D eigenvalue weighted by Gasteiger charge is 2.18. The Morgan fingerprint density at radius 2 is 1.95 bits per heavy atom. The lowest BCUT2D eigenvalue weighted by Crippen LogP contribution is -2.22. The van der Waals surface area contributed by atoms with E-state index in [0.717, 1.165) is 0 Å². The van der Waals surface area contributed by atoms with Crippen molar-refractivity contribution in [3.63, 3.8) is 0 Å². The molecule has 0 radical (unpaired) electrons. The molecule has 1 nitrogen and oxygen atoms in total. The molecule has 1 N–H and O–H groups in total. The molecule has 0 bridgehead atoms. The number of rotatable bonds is 4. The third-order valence-electron chi connectivity index (χ3n) is 2.95. The monoisotopic (exact) mass is 359 g/mol. The van der Waals surface area contributed by atoms with Gasteiger partial charge in [-0.2, -0.15) is 0 Å². The van der Waals surface area contributed by atoms with Gasteiger partial charge in [-0.15, -0.1) is 0 Å². The molecule has 0 amide bonds. The fourth-order valence-electron chi connectivity index (χ4n) is 2.04. The van der Waals surface area contributed by atoms with Crippen molar-refractivity contribution in [1.82, 2.24) is 5.32 Å². The zero-order chi connectivity index (χ0) is 14.7. The Morgan fingerprint density at radius 1 is 1.20 bits per heavy atom. The summed E-state index contributed by atoms with van der Waals surface area (Å²) in [5, 5.41) is 3.64. The number of nitrogens with one attached hydrogen (secondary N) is 1. The summed E-state index contributed by atoms with van der Waals surface area (Å²) in [7, 11) is 0. The Morgan fingerprint density at radius 3 is 2.60 bits per heavy atom. The molecule has 5 heteroatoms. The van der Waals surface area contributed by atoms with Crippen LogP contribution in [0, 0.1) is 11.6 Å². The summed E-state index contributed by atoms with van der Waals surface area (Å²) in [5.41, 5.74) is 1.29. The Bertz CT molecular complexity index is 619. The third kappa shape index (κ3) is 3.37. The predicted molar refractivity (Wildman–Crippen MR) is 81.0 cm³/mol. The minimum absolute atomic E-state index is 0.356. The topological polar surface area (TPSA) is 12.0 Å². The Hall–Kier alpha value is -0.970. The van der Waals surface area contributed by atoms with E-state index in [1.54, 1.807) is 12.1 Å². The molecule has 0 saturated carbocycles. The van der Waals surface area contributed by atoms with Gasteiger partial charge in [0.15, 0.2) is 0 Å². The molecule has 0 aliphatic heterocycles. The van der Waals surface area contributed by atoms with Crippen LogP contribution >= 0.6 is 27.5 Å². The van der Waals surface area contributed by atoms with Gasteiger partial charge >= 0.3 is 0 Å². The molecule has 106 valence electrons. The van der Waals surface area contributed by atoms with Crippen LogP contribution < -0.4 is 5.32 Å². The van der Waals surface area contributed by atoms with Crippen LogP contribution in [0.5, 0.6) is 0 Å². The van der Waals surface area contributed by atoms with Gasteiger partial charge in [0.05, 0.1) is 10.5 Å². The molecule has 0 aliphatic carbocycles. The first-order valence-corrected chi connectivity index (χ1v) is 7.33. The highest BCUT2D eigenvalue weighted by atomic mass is 79.9. The van der Waals surface area contributed by atoms with Crippen molar-refractivity contribution in [3.8, 4) is 0 Å². The predicted octanol–water partition coefficient (Wildman–Crippen LogP) is 5.08. The van der Waals surface area contributed by atoms with E-state index in [0.29, 0.717) is 27.2 Å². The van der Waals surface area contributed by atoms with Gasteiger partial charge in [0.1, 0.15) is 11.6 Å². The lowest BCUT2D eigenvalue weighted by Gasteiger charge is -2.20. The summed E-state index contributed by atoms with van der Waals surface area (Å²) in [6, 6.07) is 8.65. The minimum Gasteiger partial charge on any atom is -0.306 e. The summed E-state index contributed by atoms with van der Waals surface area (Å²) in [6.07, 6.45) is 0. The van der Waals surface area contributed by atoms with Crippen molar-refractivity contribution >= 4 is 27.5 Å². The number of hydrogen-bond acceptors (Lipinski definition) is 1. The molecule has 0 saturated heterocycles. The van der Waals surface area contributed by atoms with E-state index < -0.39 is 0 Å². The van der Waals surface area contributed by atoms with Crippen LogP contribution in [-0.4, -0.2) is 6.54 Å². The molecule has 0 fully saturated rings. The average Bonchev–Trinajstić information content (AvgIpc) is 2.42. The van der Waals surface area contributed by atoms with Crippen molar-refractivity contribution in [1.29, 1.82) is 0 Å². The summed E-state index contributed by atoms with van der Waals surface area (Å²) in [5.74, 6) is -0.734. The molecule has 0 aliphatic rings. The van der Waals surface area contributed by atoms with E-state index >= 15 is 0 Å². The maximum atomic E-state index is 13.7. The van der Waals surface area contributed by atoms with Crippen molar-refractivity contribution in [2.45, 2.75) is 13.0 Å². The van der Waals surface area contributed by atoms with Crippen molar-refractivity contribution in [3.05, 3.63) is 68.7 Å². The molecule has 1 atom stereocenters. The van der Waals surface area contributed by atoms with Gasteiger partial charge in [0.25, 0.3) is 0 Å². The molecular formula is C15H13BrClF2N. The quantitative estimate of drug-likeness (QED) is 0.802. The summed E-state index contributed by atoms with van der Waals surface area (Å²) in [6.45, 7) is 2.57. The molecule has 0 aromatic heterocycles. The van der Waals surface area contributed by atoms with E-state index in [2.05, 4.69) is 21.2 Å². The van der Waals surface area contributed by atoms with Crippen LogP contribution in [0.15, 0.2) is 40.9 Å². The molecule has 2 rings (SSSR count). The lowest BCUT2D eigenvalue weighted by molar-refractivity contribution is 0.590. The van der Waals surface area contributed by atoms with Crippen LogP contribution in [0.25, 0.3) is 0 Å². The smallest absolute Gasteiger partial charge is 0.137 e. The van der Waals surface area contributed by atoms with E-state index in [1.807, 2.05) is 6.92 Å². The van der Waals surface area contributed by atoms with Gasteiger partial charge in [0.2, 0.25) is 0 Å². The Balaban J connectivity index is 2.49. The van der Waals surface area contributed by atoms with Crippen LogP contribution in [-0.2, 0) is 0 Å². The fraction of sp³-hybridized carbons (Fsp3) is 0.200. The van der Waals surface area contributed by atoms with E-state index in [1.165, 1.54) is 24.3 Å². The molecule has 0 heterocycles. The minimum atomic E-state index is -0.370. The molecule has 2 aromatic rings. The van der Waals surface area contributed by atoms with Crippen molar-refractivity contribution in [2.24, 2.45) is 0 Å². The van der Waals surface area contributed by atoms with Gasteiger partial charge < -0.3 is 5.32 Å². The standard InChI is InChI=1S/C15H13BrClF2N/c1-2-20-15(9-3-5-12(16)14(19)7-9)11-8-10(18)4-6-13(11)17/h3-8,15,20H,2H2,1H3. The van der Waals surface area contributed by atoms with Crippen LogP contribution in [0.3, 0.4) is 0 Å². The number of hydrogen-bond donors (Lipinski definition) is 1. The third-order valence-corrected chi connectivity index (χ3v) is 3.94. The summed E-state index contributed by atoms with van der Waals surface area (Å²) < 4.78 is 27.5. The second-order valence-electron chi connectivity index (χ2n) is 4.33. The highest BCUT2D eigenvalue weighted by molar-refractivity contribution is 9.10. The average molecular weight is 361 g/mol. The first-order chi connectivity index (χ1) is 9.52. The SMILES string of the molecule is CCNC(c1ccc(Br)c(F)c1)c1cc(F)ccc1Cl. The van der Waals surface area contributed by atoms with Gasteiger partial charge in [-0.25, -0.2) is 8.78 Å².